The minimum atomic E-state index is -0.845. The third kappa shape index (κ3) is 3.91. The lowest BCUT2D eigenvalue weighted by molar-refractivity contribution is -0.125. The van der Waals surface area contributed by atoms with E-state index in [9.17, 15) is 14.4 Å². The number of imide groups is 1. The second kappa shape index (κ2) is 8.12. The number of hydrogen-bond donors (Lipinski definition) is 2. The van der Waals surface area contributed by atoms with Crippen molar-refractivity contribution >= 4 is 34.2 Å². The molecule has 0 bridgehead atoms. The molecule has 152 valence electrons. The van der Waals surface area contributed by atoms with Gasteiger partial charge in [-0.3, -0.25) is 14.9 Å². The highest BCUT2D eigenvalue weighted by atomic mass is 32.1. The van der Waals surface area contributed by atoms with E-state index in [0.717, 1.165) is 29.7 Å². The number of alkyl carbamates (subject to hydrolysis) is 1. The molecule has 1 aliphatic heterocycles. The van der Waals surface area contributed by atoms with Crippen molar-refractivity contribution in [3.63, 3.8) is 0 Å². The molecule has 1 aromatic carbocycles. The van der Waals surface area contributed by atoms with Crippen LogP contribution in [0.25, 0.3) is 0 Å². The summed E-state index contributed by atoms with van der Waals surface area (Å²) in [6.45, 7) is 1.88. The van der Waals surface area contributed by atoms with Crippen LogP contribution in [0, 0.1) is 0 Å². The van der Waals surface area contributed by atoms with Crippen LogP contribution in [-0.4, -0.2) is 37.2 Å². The molecule has 0 saturated carbocycles. The molecule has 0 fully saturated rings. The maximum absolute atomic E-state index is 12.8. The smallest absolute Gasteiger partial charge is 0.414 e. The highest BCUT2D eigenvalue weighted by Gasteiger charge is 2.32. The Morgan fingerprint density at radius 3 is 2.79 bits per heavy atom. The van der Waals surface area contributed by atoms with E-state index in [1.165, 1.54) is 11.3 Å². The molecule has 8 nitrogen and oxygen atoms in total. The number of para-hydroxylation sites is 2. The molecule has 2 aromatic rings. The minimum absolute atomic E-state index is 0.0677. The number of ether oxygens (including phenoxy) is 3. The van der Waals surface area contributed by atoms with Crippen LogP contribution in [0.3, 0.4) is 0 Å². The summed E-state index contributed by atoms with van der Waals surface area (Å²) >= 11 is 1.35. The predicted octanol–water partition coefficient (Wildman–Crippen LogP) is 2.90. The first-order chi connectivity index (χ1) is 14.1. The number of amides is 3. The van der Waals surface area contributed by atoms with Crippen molar-refractivity contribution in [1.29, 1.82) is 0 Å². The summed E-state index contributed by atoms with van der Waals surface area (Å²) in [5.41, 5.74) is 1.19. The van der Waals surface area contributed by atoms with Crippen molar-refractivity contribution in [3.8, 4) is 11.5 Å². The number of anilines is 1. The molecule has 4 rings (SSSR count). The van der Waals surface area contributed by atoms with Gasteiger partial charge in [-0.2, -0.15) is 0 Å². The van der Waals surface area contributed by atoms with Gasteiger partial charge in [0.05, 0.1) is 12.2 Å². The molecule has 29 heavy (non-hydrogen) atoms. The van der Waals surface area contributed by atoms with Gasteiger partial charge in [0.2, 0.25) is 6.10 Å². The lowest BCUT2D eigenvalue weighted by Crippen LogP contribution is -2.40. The third-order valence-electron chi connectivity index (χ3n) is 4.68. The number of nitrogens with one attached hydrogen (secondary N) is 2. The van der Waals surface area contributed by atoms with Gasteiger partial charge < -0.3 is 19.5 Å². The number of benzene rings is 1. The van der Waals surface area contributed by atoms with Crippen LogP contribution in [-0.2, 0) is 22.4 Å². The fourth-order valence-corrected chi connectivity index (χ4v) is 4.69. The number of carbonyl (C=O) groups is 3. The van der Waals surface area contributed by atoms with Crippen molar-refractivity contribution in [2.45, 2.75) is 32.3 Å². The highest BCUT2D eigenvalue weighted by molar-refractivity contribution is 7.17. The van der Waals surface area contributed by atoms with Crippen molar-refractivity contribution in [1.82, 2.24) is 5.32 Å². The van der Waals surface area contributed by atoms with E-state index in [0.29, 0.717) is 22.1 Å². The molecule has 0 spiro atoms. The Kier molecular flexibility index (Phi) is 5.39. The molecule has 0 unspecified atom stereocenters. The van der Waals surface area contributed by atoms with E-state index in [1.54, 1.807) is 25.1 Å². The molecule has 9 heteroatoms. The fourth-order valence-electron chi connectivity index (χ4n) is 3.40. The maximum atomic E-state index is 12.8. The molecule has 3 amide bonds. The average molecular weight is 416 g/mol. The number of hydrogen-bond acceptors (Lipinski definition) is 7. The lowest BCUT2D eigenvalue weighted by Gasteiger charge is -2.25. The van der Waals surface area contributed by atoms with Crippen molar-refractivity contribution in [2.24, 2.45) is 0 Å². The Hall–Kier alpha value is -3.07. The first kappa shape index (κ1) is 19.3. The number of rotatable bonds is 4. The molecule has 2 heterocycles. The molecular weight excluding hydrogens is 396 g/mol. The topological polar surface area (TPSA) is 103 Å². The van der Waals surface area contributed by atoms with Crippen molar-refractivity contribution in [3.05, 3.63) is 40.3 Å². The van der Waals surface area contributed by atoms with E-state index < -0.39 is 24.0 Å². The van der Waals surface area contributed by atoms with E-state index in [4.69, 9.17) is 14.2 Å². The van der Waals surface area contributed by atoms with Crippen LogP contribution in [0.4, 0.5) is 9.80 Å². The normalized spacial score (nSPS) is 16.7. The Morgan fingerprint density at radius 2 is 2.00 bits per heavy atom. The van der Waals surface area contributed by atoms with Gasteiger partial charge in [-0.1, -0.05) is 12.1 Å². The Labute approximate surface area is 171 Å². The monoisotopic (exact) mass is 416 g/mol. The van der Waals surface area contributed by atoms with Gasteiger partial charge >= 0.3 is 6.09 Å². The second-order valence-corrected chi connectivity index (χ2v) is 7.69. The average Bonchev–Trinajstić information content (AvgIpc) is 3.28. The minimum Gasteiger partial charge on any atom is -0.485 e. The van der Waals surface area contributed by atoms with Gasteiger partial charge in [0.1, 0.15) is 11.6 Å². The Balaban J connectivity index is 1.52. The standard InChI is InChI=1S/C20H20N2O6S/c1-2-26-20(25)22-18(24)16-11-6-5-9-15(11)29-19(16)21-17(23)14-10-27-12-7-3-4-8-13(12)28-14/h3-4,7-8,14H,2,5-6,9-10H2,1H3,(H,21,23)(H,22,24,25)/t14-/m0/s1. The molecular formula is C20H20N2O6S. The van der Waals surface area contributed by atoms with E-state index >= 15 is 0 Å². The molecule has 1 atom stereocenters. The summed E-state index contributed by atoms with van der Waals surface area (Å²) < 4.78 is 16.1. The first-order valence-corrected chi connectivity index (χ1v) is 10.2. The van der Waals surface area contributed by atoms with Gasteiger partial charge in [0, 0.05) is 4.88 Å². The van der Waals surface area contributed by atoms with Gasteiger partial charge in [0.25, 0.3) is 11.8 Å². The van der Waals surface area contributed by atoms with Crippen LogP contribution in [0.2, 0.25) is 0 Å². The molecule has 1 aliphatic carbocycles. The lowest BCUT2D eigenvalue weighted by atomic mass is 10.1. The van der Waals surface area contributed by atoms with Crippen LogP contribution < -0.4 is 20.1 Å². The summed E-state index contributed by atoms with van der Waals surface area (Å²) in [6.07, 6.45) is 0.845. The SMILES string of the molecule is CCOC(=O)NC(=O)c1c(NC(=O)[C@@H]2COc3ccccc3O2)sc2c1CCC2. The highest BCUT2D eigenvalue weighted by Crippen LogP contribution is 2.39. The summed E-state index contributed by atoms with van der Waals surface area (Å²) in [5, 5.41) is 5.41. The fraction of sp³-hybridized carbons (Fsp3) is 0.350. The largest absolute Gasteiger partial charge is 0.485 e. The van der Waals surface area contributed by atoms with Crippen LogP contribution in [0.15, 0.2) is 24.3 Å². The first-order valence-electron chi connectivity index (χ1n) is 9.38. The Morgan fingerprint density at radius 1 is 1.21 bits per heavy atom. The van der Waals surface area contributed by atoms with E-state index in [2.05, 4.69) is 10.6 Å². The summed E-state index contributed by atoms with van der Waals surface area (Å²) in [5.74, 6) is 0.0860. The molecule has 0 saturated heterocycles. The van der Waals surface area contributed by atoms with Crippen LogP contribution in [0.1, 0.15) is 34.1 Å². The summed E-state index contributed by atoms with van der Waals surface area (Å²) in [4.78, 5) is 38.2. The number of thiophene rings is 1. The molecule has 2 aliphatic rings. The van der Waals surface area contributed by atoms with Crippen molar-refractivity contribution < 1.29 is 28.6 Å². The van der Waals surface area contributed by atoms with Gasteiger partial charge in [-0.15, -0.1) is 11.3 Å². The Bertz CT molecular complexity index is 970. The van der Waals surface area contributed by atoms with E-state index in [1.807, 2.05) is 6.07 Å². The van der Waals surface area contributed by atoms with Crippen molar-refractivity contribution in [2.75, 3.05) is 18.5 Å². The van der Waals surface area contributed by atoms with Crippen LogP contribution >= 0.6 is 11.3 Å². The zero-order chi connectivity index (χ0) is 20.4. The summed E-state index contributed by atoms with van der Waals surface area (Å²) in [6, 6.07) is 7.12. The molecule has 2 N–H and O–H groups in total. The molecule has 0 radical (unpaired) electrons. The maximum Gasteiger partial charge on any atom is 0.414 e. The zero-order valence-electron chi connectivity index (χ0n) is 15.8. The van der Waals surface area contributed by atoms with Gasteiger partial charge in [0.15, 0.2) is 11.5 Å². The second-order valence-electron chi connectivity index (χ2n) is 6.59. The van der Waals surface area contributed by atoms with E-state index in [-0.39, 0.29) is 13.2 Å². The van der Waals surface area contributed by atoms with Gasteiger partial charge in [-0.05, 0) is 43.9 Å². The third-order valence-corrected chi connectivity index (χ3v) is 5.88. The van der Waals surface area contributed by atoms with Gasteiger partial charge in [-0.25, -0.2) is 4.79 Å². The molecule has 1 aromatic heterocycles. The quantitative estimate of drug-likeness (QED) is 0.795. The van der Waals surface area contributed by atoms with Crippen LogP contribution in [0.5, 0.6) is 11.5 Å². The zero-order valence-corrected chi connectivity index (χ0v) is 16.6. The number of carbonyl (C=O) groups excluding carboxylic acids is 3. The number of fused-ring (bicyclic) bond motifs is 2. The number of aryl methyl sites for hydroxylation is 1. The summed E-state index contributed by atoms with van der Waals surface area (Å²) in [7, 11) is 0. The predicted molar refractivity (Wildman–Crippen MR) is 106 cm³/mol.